The second-order valence-electron chi connectivity index (χ2n) is 5.01. The molecule has 2 aromatic carbocycles. The highest BCUT2D eigenvalue weighted by Crippen LogP contribution is 2.17. The maximum atomic E-state index is 12.8. The molecule has 0 radical (unpaired) electrons. The van der Waals surface area contributed by atoms with Crippen LogP contribution in [0.2, 0.25) is 0 Å². The fourth-order valence-corrected chi connectivity index (χ4v) is 1.93. The summed E-state index contributed by atoms with van der Waals surface area (Å²) in [6, 6.07) is 15.0. The van der Waals surface area contributed by atoms with E-state index in [1.165, 1.54) is 18.2 Å². The molecule has 122 valence electrons. The number of rotatable bonds is 7. The molecule has 24 heavy (non-hydrogen) atoms. The maximum Gasteiger partial charge on any atom is 0.248 e. The van der Waals surface area contributed by atoms with Gasteiger partial charge in [0.25, 0.3) is 0 Å². The quantitative estimate of drug-likeness (QED) is 0.614. The molecule has 0 spiro atoms. The molecule has 2 rings (SSSR count). The molecule has 0 aliphatic carbocycles. The van der Waals surface area contributed by atoms with Crippen molar-refractivity contribution in [3.63, 3.8) is 0 Å². The zero-order valence-corrected chi connectivity index (χ0v) is 13.0. The summed E-state index contributed by atoms with van der Waals surface area (Å²) < 4.78 is 18.3. The largest absolute Gasteiger partial charge is 0.493 e. The lowest BCUT2D eigenvalue weighted by atomic mass is 10.2. The van der Waals surface area contributed by atoms with Crippen molar-refractivity contribution in [1.82, 2.24) is 0 Å². The van der Waals surface area contributed by atoms with Crippen LogP contribution in [0.5, 0.6) is 5.75 Å². The van der Waals surface area contributed by atoms with Gasteiger partial charge in [-0.2, -0.15) is 5.26 Å². The zero-order valence-electron chi connectivity index (χ0n) is 13.0. The van der Waals surface area contributed by atoms with Gasteiger partial charge >= 0.3 is 0 Å². The number of carbonyl (C=O) groups is 1. The van der Waals surface area contributed by atoms with Crippen LogP contribution in [0, 0.1) is 17.1 Å². The van der Waals surface area contributed by atoms with Crippen molar-refractivity contribution in [3.05, 3.63) is 66.0 Å². The first kappa shape index (κ1) is 17.2. The summed E-state index contributed by atoms with van der Waals surface area (Å²) >= 11 is 0. The number of benzene rings is 2. The van der Waals surface area contributed by atoms with E-state index in [-0.39, 0.29) is 11.7 Å². The zero-order chi connectivity index (χ0) is 17.2. The van der Waals surface area contributed by atoms with E-state index in [1.54, 1.807) is 42.5 Å². The highest BCUT2D eigenvalue weighted by Gasteiger charge is 2.01. The van der Waals surface area contributed by atoms with Gasteiger partial charge in [-0.1, -0.05) is 18.2 Å². The molecule has 0 aliphatic rings. The van der Waals surface area contributed by atoms with E-state index in [2.05, 4.69) is 11.4 Å². The first-order valence-corrected chi connectivity index (χ1v) is 7.52. The Morgan fingerprint density at radius 2 is 2.04 bits per heavy atom. The number of hydrogen-bond acceptors (Lipinski definition) is 3. The average molecular weight is 324 g/mol. The molecule has 4 nitrogen and oxygen atoms in total. The molecule has 0 aromatic heterocycles. The van der Waals surface area contributed by atoms with Crippen LogP contribution in [-0.4, -0.2) is 12.5 Å². The van der Waals surface area contributed by atoms with Gasteiger partial charge in [0.05, 0.1) is 12.7 Å². The molecule has 0 saturated heterocycles. The lowest BCUT2D eigenvalue weighted by Crippen LogP contribution is -2.08. The Labute approximate surface area is 140 Å². The number of halogens is 1. The smallest absolute Gasteiger partial charge is 0.248 e. The highest BCUT2D eigenvalue weighted by atomic mass is 19.1. The molecule has 0 saturated carbocycles. The van der Waals surface area contributed by atoms with Gasteiger partial charge in [0.1, 0.15) is 11.6 Å². The fraction of sp³-hybridized carbons (Fsp3) is 0.158. The van der Waals surface area contributed by atoms with Gasteiger partial charge in [0.2, 0.25) is 5.91 Å². The van der Waals surface area contributed by atoms with Crippen LogP contribution in [0.1, 0.15) is 18.4 Å². The number of unbranched alkanes of at least 4 members (excludes halogenated alkanes) is 1. The van der Waals surface area contributed by atoms with Crippen molar-refractivity contribution in [2.45, 2.75) is 12.8 Å². The molecule has 5 heteroatoms. The Morgan fingerprint density at radius 3 is 2.79 bits per heavy atom. The maximum absolute atomic E-state index is 12.8. The van der Waals surface area contributed by atoms with Gasteiger partial charge in [-0.15, -0.1) is 0 Å². The summed E-state index contributed by atoms with van der Waals surface area (Å²) in [5, 5.41) is 11.2. The number of hydrogen-bond donors (Lipinski definition) is 1. The molecule has 2 aromatic rings. The van der Waals surface area contributed by atoms with Gasteiger partial charge in [0, 0.05) is 24.3 Å². The van der Waals surface area contributed by atoms with Crippen molar-refractivity contribution in [1.29, 1.82) is 5.26 Å². The first-order valence-electron chi connectivity index (χ1n) is 7.52. The average Bonchev–Trinajstić information content (AvgIpc) is 2.59. The summed E-state index contributed by atoms with van der Waals surface area (Å²) in [7, 11) is 0. The number of anilines is 1. The molecular formula is C19H17FN2O2. The van der Waals surface area contributed by atoms with Crippen LogP contribution in [0.25, 0.3) is 6.08 Å². The van der Waals surface area contributed by atoms with Crippen molar-refractivity contribution in [2.75, 3.05) is 11.9 Å². The second kappa shape index (κ2) is 9.11. The number of nitriles is 1. The van der Waals surface area contributed by atoms with Gasteiger partial charge < -0.3 is 10.1 Å². The van der Waals surface area contributed by atoms with E-state index < -0.39 is 0 Å². The van der Waals surface area contributed by atoms with E-state index in [9.17, 15) is 9.18 Å². The van der Waals surface area contributed by atoms with Gasteiger partial charge in [-0.05, 0) is 42.3 Å². The van der Waals surface area contributed by atoms with Crippen LogP contribution in [0.3, 0.4) is 0 Å². The lowest BCUT2D eigenvalue weighted by Gasteiger charge is -2.07. The summed E-state index contributed by atoms with van der Waals surface area (Å²) in [6.07, 6.45) is 4.10. The molecule has 0 heterocycles. The van der Waals surface area contributed by atoms with E-state index in [0.717, 1.165) is 5.56 Å². The van der Waals surface area contributed by atoms with Crippen LogP contribution < -0.4 is 10.1 Å². The molecule has 0 aliphatic heterocycles. The summed E-state index contributed by atoms with van der Waals surface area (Å²) in [5.41, 5.74) is 1.35. The standard InChI is InChI=1S/C19H17FN2O2/c20-16-9-6-15(7-10-16)8-11-19(23)22-17-4-3-5-18(14-17)24-13-2-1-12-21/h3-11,14H,1-2,13H2,(H,22,23)/b11-8+. The summed E-state index contributed by atoms with van der Waals surface area (Å²) in [5.74, 6) is 0.0254. The number of amides is 1. The molecular weight excluding hydrogens is 307 g/mol. The minimum atomic E-state index is -0.316. The third-order valence-corrected chi connectivity index (χ3v) is 3.10. The van der Waals surface area contributed by atoms with E-state index in [4.69, 9.17) is 10.00 Å². The highest BCUT2D eigenvalue weighted by molar-refractivity contribution is 6.02. The molecule has 1 amide bonds. The third-order valence-electron chi connectivity index (χ3n) is 3.10. The van der Waals surface area contributed by atoms with Crippen LogP contribution in [0.4, 0.5) is 10.1 Å². The second-order valence-corrected chi connectivity index (χ2v) is 5.01. The van der Waals surface area contributed by atoms with E-state index in [0.29, 0.717) is 30.9 Å². The molecule has 0 unspecified atom stereocenters. The van der Waals surface area contributed by atoms with Crippen LogP contribution in [0.15, 0.2) is 54.6 Å². The molecule has 0 bridgehead atoms. The summed E-state index contributed by atoms with van der Waals surface area (Å²) in [4.78, 5) is 11.9. The third kappa shape index (κ3) is 5.93. The van der Waals surface area contributed by atoms with E-state index in [1.807, 2.05) is 0 Å². The minimum absolute atomic E-state index is 0.291. The predicted octanol–water partition coefficient (Wildman–Crippen LogP) is 4.16. The number of nitrogens with one attached hydrogen (secondary N) is 1. The van der Waals surface area contributed by atoms with Crippen molar-refractivity contribution in [3.8, 4) is 11.8 Å². The summed E-state index contributed by atoms with van der Waals surface area (Å²) in [6.45, 7) is 0.454. The first-order chi connectivity index (χ1) is 11.7. The van der Waals surface area contributed by atoms with Crippen molar-refractivity contribution >= 4 is 17.7 Å². The van der Waals surface area contributed by atoms with Crippen molar-refractivity contribution < 1.29 is 13.9 Å². The topological polar surface area (TPSA) is 62.1 Å². The van der Waals surface area contributed by atoms with E-state index >= 15 is 0 Å². The number of nitrogens with zero attached hydrogens (tertiary/aromatic N) is 1. The Hall–Kier alpha value is -3.13. The number of carbonyl (C=O) groups excluding carboxylic acids is 1. The Balaban J connectivity index is 1.89. The fourth-order valence-electron chi connectivity index (χ4n) is 1.93. The van der Waals surface area contributed by atoms with Crippen LogP contribution >= 0.6 is 0 Å². The monoisotopic (exact) mass is 324 g/mol. The molecule has 0 fully saturated rings. The Morgan fingerprint density at radius 1 is 1.25 bits per heavy atom. The molecule has 1 N–H and O–H groups in total. The Bertz CT molecular complexity index is 749. The van der Waals surface area contributed by atoms with Crippen molar-refractivity contribution in [2.24, 2.45) is 0 Å². The lowest BCUT2D eigenvalue weighted by molar-refractivity contribution is -0.111. The van der Waals surface area contributed by atoms with Gasteiger partial charge in [-0.25, -0.2) is 4.39 Å². The number of ether oxygens (including phenoxy) is 1. The van der Waals surface area contributed by atoms with Gasteiger partial charge in [0.15, 0.2) is 0 Å². The normalized spacial score (nSPS) is 10.3. The molecule has 0 atom stereocenters. The van der Waals surface area contributed by atoms with Gasteiger partial charge in [-0.3, -0.25) is 4.79 Å². The predicted molar refractivity (Wildman–Crippen MR) is 90.8 cm³/mol. The van der Waals surface area contributed by atoms with Crippen LogP contribution in [-0.2, 0) is 4.79 Å². The Kier molecular flexibility index (Phi) is 6.54. The minimum Gasteiger partial charge on any atom is -0.493 e. The SMILES string of the molecule is N#CCCCOc1cccc(NC(=O)/C=C/c2ccc(F)cc2)c1.